The van der Waals surface area contributed by atoms with Crippen molar-refractivity contribution in [1.82, 2.24) is 4.90 Å². The molecule has 1 aromatic heterocycles. The second-order valence-corrected chi connectivity index (χ2v) is 6.28. The lowest BCUT2D eigenvalue weighted by Gasteiger charge is -2.24. The van der Waals surface area contributed by atoms with E-state index in [0.717, 1.165) is 25.9 Å². The molecular formula is C14H21NO3S. The highest BCUT2D eigenvalue weighted by Gasteiger charge is 2.26. The van der Waals surface area contributed by atoms with Crippen LogP contribution in [0, 0.1) is 0 Å². The molecule has 0 spiro atoms. The number of hydrogen-bond donors (Lipinski definition) is 1. The van der Waals surface area contributed by atoms with Crippen molar-refractivity contribution in [3.8, 4) is 0 Å². The zero-order valence-corrected chi connectivity index (χ0v) is 12.3. The number of rotatable bonds is 5. The number of methoxy groups -OCH3 is 1. The van der Waals surface area contributed by atoms with Gasteiger partial charge in [-0.15, -0.1) is 11.3 Å². The highest BCUT2D eigenvalue weighted by Crippen LogP contribution is 2.26. The van der Waals surface area contributed by atoms with Crippen LogP contribution in [0.1, 0.15) is 40.7 Å². The fourth-order valence-electron chi connectivity index (χ4n) is 2.64. The number of carbonyl (C=O) groups is 1. The average Bonchev–Trinajstić information content (AvgIpc) is 2.99. The van der Waals surface area contributed by atoms with Crippen LogP contribution in [0.5, 0.6) is 0 Å². The fourth-order valence-corrected chi connectivity index (χ4v) is 3.59. The normalized spacial score (nSPS) is 21.5. The minimum Gasteiger partial charge on any atom is -0.465 e. The van der Waals surface area contributed by atoms with Crippen molar-refractivity contribution in [2.75, 3.05) is 13.7 Å². The first-order chi connectivity index (χ1) is 9.10. The molecule has 0 saturated carbocycles. The Morgan fingerprint density at radius 2 is 2.42 bits per heavy atom. The van der Waals surface area contributed by atoms with Gasteiger partial charge < -0.3 is 9.84 Å². The highest BCUT2D eigenvalue weighted by molar-refractivity contribution is 7.13. The number of nitrogens with zero attached hydrogens (tertiary/aromatic N) is 1. The first-order valence-electron chi connectivity index (χ1n) is 6.69. The van der Waals surface area contributed by atoms with Gasteiger partial charge in [0.1, 0.15) is 4.88 Å². The Morgan fingerprint density at radius 1 is 1.63 bits per heavy atom. The molecular weight excluding hydrogens is 262 g/mol. The van der Waals surface area contributed by atoms with Gasteiger partial charge >= 0.3 is 5.97 Å². The van der Waals surface area contributed by atoms with Crippen LogP contribution in [0.3, 0.4) is 0 Å². The van der Waals surface area contributed by atoms with Crippen molar-refractivity contribution in [2.24, 2.45) is 0 Å². The molecule has 2 unspecified atom stereocenters. The van der Waals surface area contributed by atoms with Gasteiger partial charge in [-0.2, -0.15) is 0 Å². The van der Waals surface area contributed by atoms with Crippen LogP contribution in [-0.2, 0) is 11.3 Å². The maximum atomic E-state index is 11.4. The summed E-state index contributed by atoms with van der Waals surface area (Å²) in [6, 6.07) is 4.28. The predicted molar refractivity (Wildman–Crippen MR) is 75.4 cm³/mol. The molecule has 106 valence electrons. The smallest absolute Gasteiger partial charge is 0.348 e. The van der Waals surface area contributed by atoms with Gasteiger partial charge in [-0.25, -0.2) is 4.79 Å². The maximum Gasteiger partial charge on any atom is 0.348 e. The molecule has 1 fully saturated rings. The van der Waals surface area contributed by atoms with E-state index >= 15 is 0 Å². The molecule has 1 saturated heterocycles. The van der Waals surface area contributed by atoms with Crippen molar-refractivity contribution in [2.45, 2.75) is 44.9 Å². The Bertz CT molecular complexity index is 430. The molecule has 1 N–H and O–H groups in total. The van der Waals surface area contributed by atoms with Crippen LogP contribution in [0.2, 0.25) is 0 Å². The summed E-state index contributed by atoms with van der Waals surface area (Å²) in [7, 11) is 1.40. The van der Waals surface area contributed by atoms with Crippen LogP contribution >= 0.6 is 11.3 Å². The topological polar surface area (TPSA) is 49.8 Å². The van der Waals surface area contributed by atoms with Crippen LogP contribution in [-0.4, -0.2) is 41.8 Å². The fraction of sp³-hybridized carbons (Fsp3) is 0.643. The van der Waals surface area contributed by atoms with E-state index in [0.29, 0.717) is 10.9 Å². The quantitative estimate of drug-likeness (QED) is 0.842. The van der Waals surface area contributed by atoms with E-state index in [1.807, 2.05) is 19.1 Å². The molecule has 1 aliphatic heterocycles. The molecule has 0 radical (unpaired) electrons. The number of aliphatic hydroxyl groups is 1. The molecule has 0 aromatic carbocycles. The molecule has 4 nitrogen and oxygen atoms in total. The van der Waals surface area contributed by atoms with Crippen LogP contribution < -0.4 is 0 Å². The molecule has 2 atom stereocenters. The largest absolute Gasteiger partial charge is 0.465 e. The summed E-state index contributed by atoms with van der Waals surface area (Å²) in [5.74, 6) is -0.266. The maximum absolute atomic E-state index is 11.4. The number of ether oxygens (including phenoxy) is 1. The first kappa shape index (κ1) is 14.5. The Labute approximate surface area is 118 Å². The lowest BCUT2D eigenvalue weighted by atomic mass is 10.1. The summed E-state index contributed by atoms with van der Waals surface area (Å²) in [5, 5.41) is 9.52. The minimum atomic E-state index is -0.266. The molecule has 0 amide bonds. The van der Waals surface area contributed by atoms with E-state index in [4.69, 9.17) is 4.74 Å². The second kappa shape index (κ2) is 6.50. The summed E-state index contributed by atoms with van der Waals surface area (Å²) in [6.07, 6.45) is 2.92. The predicted octanol–water partition coefficient (Wildman–Crippen LogP) is 2.27. The van der Waals surface area contributed by atoms with Crippen molar-refractivity contribution in [3.63, 3.8) is 0 Å². The van der Waals surface area contributed by atoms with E-state index in [1.54, 1.807) is 0 Å². The van der Waals surface area contributed by atoms with Crippen molar-refractivity contribution >= 4 is 17.3 Å². The lowest BCUT2D eigenvalue weighted by Crippen LogP contribution is -2.31. The number of hydrogen-bond acceptors (Lipinski definition) is 5. The summed E-state index contributed by atoms with van der Waals surface area (Å²) in [5.41, 5.74) is 0. The number of thiophene rings is 1. The number of carbonyl (C=O) groups excluding carboxylic acids is 1. The standard InChI is InChI=1S/C14H21NO3S/c1-10(16)8-11-4-3-7-15(11)9-12-5-6-13(19-12)14(17)18-2/h5-6,10-11,16H,3-4,7-9H2,1-2H3. The van der Waals surface area contributed by atoms with Gasteiger partial charge in [0, 0.05) is 17.5 Å². The molecule has 1 aromatic rings. The van der Waals surface area contributed by atoms with Gasteiger partial charge in [0.05, 0.1) is 13.2 Å². The van der Waals surface area contributed by atoms with Crippen molar-refractivity contribution in [1.29, 1.82) is 0 Å². The van der Waals surface area contributed by atoms with Crippen LogP contribution in [0.4, 0.5) is 0 Å². The SMILES string of the molecule is COC(=O)c1ccc(CN2CCCC2CC(C)O)s1. The van der Waals surface area contributed by atoms with Gasteiger partial charge in [0.2, 0.25) is 0 Å². The van der Waals surface area contributed by atoms with Gasteiger partial charge in [0.15, 0.2) is 0 Å². The van der Waals surface area contributed by atoms with Crippen molar-refractivity contribution < 1.29 is 14.6 Å². The Morgan fingerprint density at radius 3 is 3.11 bits per heavy atom. The van der Waals surface area contributed by atoms with Gasteiger partial charge in [-0.1, -0.05) is 0 Å². The summed E-state index contributed by atoms with van der Waals surface area (Å²) >= 11 is 1.49. The molecule has 19 heavy (non-hydrogen) atoms. The third-order valence-electron chi connectivity index (χ3n) is 3.52. The monoisotopic (exact) mass is 283 g/mol. The zero-order valence-electron chi connectivity index (χ0n) is 11.5. The van der Waals surface area contributed by atoms with Crippen LogP contribution in [0.15, 0.2) is 12.1 Å². The Balaban J connectivity index is 1.96. The second-order valence-electron chi connectivity index (χ2n) is 5.11. The summed E-state index contributed by atoms with van der Waals surface area (Å²) in [6.45, 7) is 3.78. The first-order valence-corrected chi connectivity index (χ1v) is 7.51. The Hall–Kier alpha value is -0.910. The van der Waals surface area contributed by atoms with E-state index in [-0.39, 0.29) is 12.1 Å². The van der Waals surface area contributed by atoms with E-state index in [1.165, 1.54) is 29.7 Å². The molecule has 2 heterocycles. The minimum absolute atomic E-state index is 0.250. The van der Waals surface area contributed by atoms with E-state index in [2.05, 4.69) is 4.90 Å². The Kier molecular flexibility index (Phi) is 4.96. The van der Waals surface area contributed by atoms with E-state index < -0.39 is 0 Å². The molecule has 0 aliphatic carbocycles. The highest BCUT2D eigenvalue weighted by atomic mass is 32.1. The molecule has 5 heteroatoms. The molecule has 0 bridgehead atoms. The summed E-state index contributed by atoms with van der Waals surface area (Å²) < 4.78 is 4.72. The lowest BCUT2D eigenvalue weighted by molar-refractivity contribution is 0.0606. The molecule has 2 rings (SSSR count). The third-order valence-corrected chi connectivity index (χ3v) is 4.57. The van der Waals surface area contributed by atoms with Gasteiger partial charge in [0.25, 0.3) is 0 Å². The van der Waals surface area contributed by atoms with Crippen molar-refractivity contribution in [3.05, 3.63) is 21.9 Å². The van der Waals surface area contributed by atoms with Gasteiger partial charge in [-0.05, 0) is 44.9 Å². The number of likely N-dealkylation sites (tertiary alicyclic amines) is 1. The number of aliphatic hydroxyl groups excluding tert-OH is 1. The average molecular weight is 283 g/mol. The van der Waals surface area contributed by atoms with Gasteiger partial charge in [-0.3, -0.25) is 4.90 Å². The summed E-state index contributed by atoms with van der Waals surface area (Å²) in [4.78, 5) is 15.7. The van der Waals surface area contributed by atoms with E-state index in [9.17, 15) is 9.90 Å². The zero-order chi connectivity index (χ0) is 13.8. The molecule has 1 aliphatic rings. The number of esters is 1. The van der Waals surface area contributed by atoms with Crippen LogP contribution in [0.25, 0.3) is 0 Å². The third kappa shape index (κ3) is 3.78.